The fourth-order valence-electron chi connectivity index (χ4n) is 5.23. The van der Waals surface area contributed by atoms with Crippen LogP contribution in [-0.4, -0.2) is 102 Å². The number of nitrogens with zero attached hydrogens (tertiary/aromatic N) is 8. The molecule has 3 aliphatic heterocycles. The number of nitrogens with two attached hydrogens (primary N) is 2. The summed E-state index contributed by atoms with van der Waals surface area (Å²) in [5, 5.41) is 11.2. The Morgan fingerprint density at radius 1 is 0.909 bits per heavy atom. The van der Waals surface area contributed by atoms with Crippen molar-refractivity contribution in [2.75, 3.05) is 24.7 Å². The molecule has 44 heavy (non-hydrogen) atoms. The van der Waals surface area contributed by atoms with Crippen LogP contribution in [0.5, 0.6) is 0 Å². The number of aromatic nitrogens is 8. The highest BCUT2D eigenvalue weighted by Crippen LogP contribution is 2.52. The molecule has 0 amide bonds. The summed E-state index contributed by atoms with van der Waals surface area (Å²) in [5.41, 5.74) is 12.4. The molecule has 3 unspecified atom stereocenters. The first-order valence-electron chi connectivity index (χ1n) is 12.8. The van der Waals surface area contributed by atoms with Crippen molar-refractivity contribution in [3.05, 3.63) is 25.3 Å². The number of ether oxygens (including phenoxy) is 2. The van der Waals surface area contributed by atoms with E-state index in [-0.39, 0.29) is 34.0 Å². The van der Waals surface area contributed by atoms with Crippen LogP contribution in [0.2, 0.25) is 0 Å². The SMILES string of the molecule is [B-][P@@]1(=O)OC[C@H]2O[C@@H](n3cnc4c(N)ncnc43)C(O)[C@H]2OP([O-])(=S)OC[C@H]2O[C@@H](n3cnc4c(N)ncnc43)C(F)[C@H]2O1. The Labute approximate surface area is 252 Å². The van der Waals surface area contributed by atoms with Crippen molar-refractivity contribution in [2.45, 2.75) is 49.1 Å². The Hall–Kier alpha value is -2.75. The lowest BCUT2D eigenvalue weighted by Gasteiger charge is -2.37. The Balaban J connectivity index is 1.17. The molecule has 0 spiro atoms. The minimum Gasteiger partial charge on any atom is -0.780 e. The van der Waals surface area contributed by atoms with Gasteiger partial charge in [0.2, 0.25) is 0 Å². The molecule has 3 saturated heterocycles. The van der Waals surface area contributed by atoms with E-state index >= 15 is 4.39 Å². The van der Waals surface area contributed by atoms with Crippen LogP contribution >= 0.6 is 14.2 Å². The van der Waals surface area contributed by atoms with Crippen LogP contribution in [0.3, 0.4) is 0 Å². The molecule has 0 saturated carbocycles. The van der Waals surface area contributed by atoms with Crippen molar-refractivity contribution in [1.29, 1.82) is 0 Å². The van der Waals surface area contributed by atoms with Crippen LogP contribution in [0.15, 0.2) is 25.3 Å². The van der Waals surface area contributed by atoms with Crippen molar-refractivity contribution in [2.24, 2.45) is 0 Å². The third-order valence-corrected chi connectivity index (χ3v) is 9.82. The maximum absolute atomic E-state index is 15.9. The number of anilines is 2. The highest BCUT2D eigenvalue weighted by atomic mass is 32.5. The van der Waals surface area contributed by atoms with Gasteiger partial charge >= 0.3 is 0 Å². The molecular weight excluding hydrogens is 648 g/mol. The van der Waals surface area contributed by atoms with E-state index in [1.807, 2.05) is 0 Å². The van der Waals surface area contributed by atoms with Gasteiger partial charge in [0.05, 0.1) is 33.3 Å². The van der Waals surface area contributed by atoms with Crippen molar-refractivity contribution < 1.29 is 46.5 Å². The molecule has 19 nitrogen and oxygen atoms in total. The number of aliphatic hydroxyl groups is 1. The van der Waals surface area contributed by atoms with Gasteiger partial charge in [-0.05, 0) is 0 Å². The van der Waals surface area contributed by atoms with Crippen LogP contribution < -0.4 is 16.4 Å². The maximum atomic E-state index is 15.9. The second kappa shape index (κ2) is 11.0. The fourth-order valence-corrected chi connectivity index (χ4v) is 7.66. The number of halogens is 1. The molecule has 7 heterocycles. The summed E-state index contributed by atoms with van der Waals surface area (Å²) in [6.45, 7) is -5.72. The molecule has 3 radical (unpaired) electrons. The van der Waals surface area contributed by atoms with Gasteiger partial charge < -0.3 is 61.2 Å². The monoisotopic (exact) mass is 669 g/mol. The molecule has 4 aromatic heterocycles. The highest BCUT2D eigenvalue weighted by molar-refractivity contribution is 8.06. The summed E-state index contributed by atoms with van der Waals surface area (Å²) in [6, 6.07) is 0. The Morgan fingerprint density at radius 2 is 1.45 bits per heavy atom. The van der Waals surface area contributed by atoms with Crippen molar-refractivity contribution in [3.63, 3.8) is 0 Å². The van der Waals surface area contributed by atoms with Crippen molar-refractivity contribution in [3.8, 4) is 0 Å². The number of rotatable bonds is 2. The third kappa shape index (κ3) is 5.19. The number of nitrogen functional groups attached to an aromatic ring is 2. The Kier molecular flexibility index (Phi) is 7.45. The second-order valence-corrected chi connectivity index (χ2v) is 14.2. The van der Waals surface area contributed by atoms with Gasteiger partial charge in [-0.1, -0.05) is 11.8 Å². The molecule has 3 aliphatic rings. The largest absolute Gasteiger partial charge is 0.780 e. The molecule has 10 atom stereocenters. The minimum atomic E-state index is -4.55. The van der Waals surface area contributed by atoms with E-state index in [4.69, 9.17) is 58.4 Å². The molecule has 7 rings (SSSR count). The minimum absolute atomic E-state index is 0.0492. The van der Waals surface area contributed by atoms with Crippen molar-refractivity contribution >= 4 is 67.5 Å². The lowest BCUT2D eigenvalue weighted by Crippen LogP contribution is -2.39. The average Bonchev–Trinajstić information content (AvgIpc) is 3.73. The van der Waals surface area contributed by atoms with E-state index in [9.17, 15) is 14.6 Å². The summed E-state index contributed by atoms with van der Waals surface area (Å²) in [6.07, 6.45) is -7.20. The topological polar surface area (TPSA) is 255 Å². The lowest BCUT2D eigenvalue weighted by molar-refractivity contribution is -0.218. The third-order valence-electron chi connectivity index (χ3n) is 7.23. The molecule has 24 heteroatoms. The first kappa shape index (κ1) is 29.9. The van der Waals surface area contributed by atoms with Crippen LogP contribution in [0, 0.1) is 0 Å². The Morgan fingerprint density at radius 3 is 2.09 bits per heavy atom. The van der Waals surface area contributed by atoms with E-state index in [1.165, 1.54) is 28.1 Å². The summed E-state index contributed by atoms with van der Waals surface area (Å²) in [5.74, 6) is 0.130. The second-order valence-electron chi connectivity index (χ2n) is 9.95. The molecule has 5 N–H and O–H groups in total. The molecule has 233 valence electrons. The van der Waals surface area contributed by atoms with E-state index in [0.29, 0.717) is 0 Å². The van der Waals surface area contributed by atoms with Crippen LogP contribution in [0.4, 0.5) is 16.0 Å². The zero-order chi connectivity index (χ0) is 31.0. The summed E-state index contributed by atoms with van der Waals surface area (Å²) < 4.78 is 65.2. The quantitative estimate of drug-likeness (QED) is 0.171. The number of hydrogen-bond acceptors (Lipinski definition) is 18. The first-order chi connectivity index (χ1) is 20.9. The van der Waals surface area contributed by atoms with Crippen LogP contribution in [0.25, 0.3) is 22.3 Å². The molecule has 0 aliphatic carbocycles. The van der Waals surface area contributed by atoms with Gasteiger partial charge in [0.1, 0.15) is 60.9 Å². The van der Waals surface area contributed by atoms with Gasteiger partial charge in [-0.15, -0.1) is 0 Å². The van der Waals surface area contributed by atoms with E-state index in [0.717, 1.165) is 6.33 Å². The molecule has 4 aromatic rings. The zero-order valence-electron chi connectivity index (χ0n) is 22.0. The molecular formula is C20H21BFN10O9P2S-2. The standard InChI is InChI=1S/C20H22BFN10O9P2S/c21-42(34)36-1-8-14(12(33)20(39-8)32-6-30-11-16(24)26-4-28-18(11)32)41-43(35,44)37-2-7-13(40-42)9(22)19(38-7)31-5-29-10-15(23)25-3-27-17(10)31/h3-9,12-14,19-20,33H,1-2H2,(H,35,44)(H2,23,25,27)(H2,24,26,28)/q-1/p-1/t7-,8-,9?,12?,13+,14+,19-,20-,42-,43?/m1/s1. The number of aliphatic hydroxyl groups excluding tert-OH is 1. The van der Waals surface area contributed by atoms with Gasteiger partial charge in [0.25, 0.3) is 0 Å². The number of alkyl halides is 1. The van der Waals surface area contributed by atoms with Gasteiger partial charge in [-0.3, -0.25) is 9.13 Å². The van der Waals surface area contributed by atoms with E-state index in [2.05, 4.69) is 29.9 Å². The summed E-state index contributed by atoms with van der Waals surface area (Å²) in [4.78, 5) is 37.5. The maximum Gasteiger partial charge on any atom is 0.174 e. The number of fused-ring (bicyclic) bond motifs is 4. The Bertz CT molecular complexity index is 1710. The van der Waals surface area contributed by atoms with E-state index < -0.39 is 76.6 Å². The molecule has 3 fully saturated rings. The van der Waals surface area contributed by atoms with Gasteiger partial charge in [0, 0.05) is 0 Å². The van der Waals surface area contributed by atoms with Crippen LogP contribution in [0.1, 0.15) is 12.5 Å². The van der Waals surface area contributed by atoms with Gasteiger partial charge in [-0.2, -0.15) is 0 Å². The zero-order valence-corrected chi connectivity index (χ0v) is 24.7. The molecule has 0 aromatic carbocycles. The highest BCUT2D eigenvalue weighted by Gasteiger charge is 2.51. The average molecular weight is 669 g/mol. The van der Waals surface area contributed by atoms with Gasteiger partial charge in [-0.25, -0.2) is 34.3 Å². The number of imidazole rings is 2. The van der Waals surface area contributed by atoms with E-state index in [1.54, 1.807) is 0 Å². The molecule has 0 bridgehead atoms. The number of hydrogen-bond donors (Lipinski definition) is 3. The summed E-state index contributed by atoms with van der Waals surface area (Å²) in [7, 11) is 1.31. The van der Waals surface area contributed by atoms with Crippen LogP contribution in [-0.2, 0) is 43.9 Å². The first-order valence-corrected chi connectivity index (χ1v) is 16.9. The summed E-state index contributed by atoms with van der Waals surface area (Å²) >= 11 is 5.09. The smallest absolute Gasteiger partial charge is 0.174 e. The fraction of sp³-hybridized carbons (Fsp3) is 0.500. The van der Waals surface area contributed by atoms with Crippen molar-refractivity contribution in [1.82, 2.24) is 39.0 Å². The lowest BCUT2D eigenvalue weighted by atomic mass is 10.1. The predicted octanol–water partition coefficient (Wildman–Crippen LogP) is -0.997. The normalized spacial score (nSPS) is 38.3. The van der Waals surface area contributed by atoms with Gasteiger partial charge in [0.15, 0.2) is 41.6 Å². The predicted molar refractivity (Wildman–Crippen MR) is 147 cm³/mol.